The summed E-state index contributed by atoms with van der Waals surface area (Å²) in [5.41, 5.74) is 0. The van der Waals surface area contributed by atoms with E-state index in [1.54, 1.807) is 11.3 Å². The van der Waals surface area contributed by atoms with E-state index in [0.717, 1.165) is 34.7 Å². The summed E-state index contributed by atoms with van der Waals surface area (Å²) in [6.45, 7) is 2.31. The molecule has 90 valence electrons. The lowest BCUT2D eigenvalue weighted by atomic mass is 10.2. The quantitative estimate of drug-likeness (QED) is 0.877. The molecule has 0 aliphatic carbocycles. The van der Waals surface area contributed by atoms with Crippen molar-refractivity contribution in [3.8, 4) is 0 Å². The Labute approximate surface area is 108 Å². The Hall–Kier alpha value is 0.0600. The minimum atomic E-state index is -0.419. The van der Waals surface area contributed by atoms with E-state index in [2.05, 4.69) is 21.2 Å². The maximum Gasteiger partial charge on any atom is 0.101 e. The molecular formula is C11H16BrNO2S. The molecule has 2 N–H and O–H groups in total. The molecule has 5 heteroatoms. The third kappa shape index (κ3) is 3.53. The molecule has 1 fully saturated rings. The molecule has 2 unspecified atom stereocenters. The second-order valence-corrected chi connectivity index (χ2v) is 6.45. The van der Waals surface area contributed by atoms with Crippen LogP contribution < -0.4 is 5.32 Å². The van der Waals surface area contributed by atoms with Gasteiger partial charge in [-0.1, -0.05) is 0 Å². The van der Waals surface area contributed by atoms with Crippen LogP contribution in [0.4, 0.5) is 0 Å². The van der Waals surface area contributed by atoms with Gasteiger partial charge in [-0.3, -0.25) is 0 Å². The second kappa shape index (κ2) is 6.12. The first-order chi connectivity index (χ1) is 7.75. The molecule has 0 aromatic carbocycles. The van der Waals surface area contributed by atoms with Crippen LogP contribution in [0.3, 0.4) is 0 Å². The number of nitrogens with one attached hydrogen (secondary N) is 1. The van der Waals surface area contributed by atoms with Crippen LogP contribution in [0, 0.1) is 0 Å². The van der Waals surface area contributed by atoms with Crippen molar-refractivity contribution >= 4 is 27.3 Å². The molecule has 0 bridgehead atoms. The Morgan fingerprint density at radius 1 is 1.62 bits per heavy atom. The number of hydrogen-bond donors (Lipinski definition) is 2. The number of rotatable bonds is 5. The maximum atomic E-state index is 9.89. The van der Waals surface area contributed by atoms with Crippen LogP contribution in [0.2, 0.25) is 0 Å². The van der Waals surface area contributed by atoms with Crippen molar-refractivity contribution in [2.75, 3.05) is 19.7 Å². The second-order valence-electron chi connectivity index (χ2n) is 3.95. The van der Waals surface area contributed by atoms with E-state index in [1.165, 1.54) is 0 Å². The van der Waals surface area contributed by atoms with Gasteiger partial charge in [-0.2, -0.15) is 0 Å². The third-order valence-electron chi connectivity index (χ3n) is 2.66. The lowest BCUT2D eigenvalue weighted by Gasteiger charge is -2.13. The van der Waals surface area contributed by atoms with Crippen LogP contribution in [-0.4, -0.2) is 30.9 Å². The number of ether oxygens (including phenoxy) is 1. The Kier molecular flexibility index (Phi) is 4.79. The van der Waals surface area contributed by atoms with Gasteiger partial charge in [-0.15, -0.1) is 11.3 Å². The Morgan fingerprint density at radius 3 is 3.12 bits per heavy atom. The molecule has 1 aromatic rings. The van der Waals surface area contributed by atoms with E-state index in [9.17, 15) is 5.11 Å². The summed E-state index contributed by atoms with van der Waals surface area (Å²) in [6.07, 6.45) is 2.21. The predicted octanol–water partition coefficient (Wildman–Crippen LogP) is 2.31. The van der Waals surface area contributed by atoms with E-state index in [4.69, 9.17) is 4.74 Å². The zero-order valence-corrected chi connectivity index (χ0v) is 11.4. The normalized spacial score (nSPS) is 22.5. The molecule has 2 rings (SSSR count). The minimum absolute atomic E-state index is 0.335. The first-order valence-electron chi connectivity index (χ1n) is 5.51. The highest BCUT2D eigenvalue weighted by Crippen LogP contribution is 2.26. The maximum absolute atomic E-state index is 9.89. The molecule has 16 heavy (non-hydrogen) atoms. The van der Waals surface area contributed by atoms with Gasteiger partial charge in [0.25, 0.3) is 0 Å². The molecular weight excluding hydrogens is 290 g/mol. The summed E-state index contributed by atoms with van der Waals surface area (Å²) < 4.78 is 6.55. The number of thiophene rings is 1. The van der Waals surface area contributed by atoms with Crippen molar-refractivity contribution < 1.29 is 9.84 Å². The predicted molar refractivity (Wildman–Crippen MR) is 68.8 cm³/mol. The smallest absolute Gasteiger partial charge is 0.101 e. The average Bonchev–Trinajstić information content (AvgIpc) is 2.89. The van der Waals surface area contributed by atoms with Crippen LogP contribution >= 0.6 is 27.3 Å². The van der Waals surface area contributed by atoms with Gasteiger partial charge in [0.2, 0.25) is 0 Å². The van der Waals surface area contributed by atoms with E-state index < -0.39 is 6.10 Å². The van der Waals surface area contributed by atoms with Crippen LogP contribution in [-0.2, 0) is 4.74 Å². The van der Waals surface area contributed by atoms with Crippen molar-refractivity contribution in [2.45, 2.75) is 25.0 Å². The number of aliphatic hydroxyl groups is 1. The summed E-state index contributed by atoms with van der Waals surface area (Å²) in [7, 11) is 0. The zero-order valence-electron chi connectivity index (χ0n) is 8.99. The molecule has 0 spiro atoms. The zero-order chi connectivity index (χ0) is 11.4. The Bertz CT molecular complexity index is 326. The third-order valence-corrected chi connectivity index (χ3v) is 4.38. The van der Waals surface area contributed by atoms with Crippen LogP contribution in [0.5, 0.6) is 0 Å². The molecule has 1 saturated heterocycles. The van der Waals surface area contributed by atoms with Crippen LogP contribution in [0.1, 0.15) is 23.8 Å². The highest BCUT2D eigenvalue weighted by atomic mass is 79.9. The van der Waals surface area contributed by atoms with Gasteiger partial charge in [-0.25, -0.2) is 0 Å². The van der Waals surface area contributed by atoms with Crippen molar-refractivity contribution in [2.24, 2.45) is 0 Å². The fourth-order valence-electron chi connectivity index (χ4n) is 1.79. The highest BCUT2D eigenvalue weighted by Gasteiger charge is 2.16. The number of aliphatic hydroxyl groups excluding tert-OH is 1. The lowest BCUT2D eigenvalue weighted by molar-refractivity contribution is 0.104. The largest absolute Gasteiger partial charge is 0.386 e. The van der Waals surface area contributed by atoms with Gasteiger partial charge in [0.15, 0.2) is 0 Å². The fourth-order valence-corrected chi connectivity index (χ4v) is 3.20. The molecule has 2 heterocycles. The Morgan fingerprint density at radius 2 is 2.50 bits per heavy atom. The fraction of sp³-hybridized carbons (Fsp3) is 0.636. The first-order valence-corrected chi connectivity index (χ1v) is 7.12. The summed E-state index contributed by atoms with van der Waals surface area (Å²) >= 11 is 4.96. The van der Waals surface area contributed by atoms with Gasteiger partial charge in [-0.05, 0) is 40.9 Å². The topological polar surface area (TPSA) is 41.5 Å². The average molecular weight is 306 g/mol. The van der Waals surface area contributed by atoms with Gasteiger partial charge in [0, 0.05) is 24.6 Å². The summed E-state index contributed by atoms with van der Waals surface area (Å²) in [4.78, 5) is 0.992. The van der Waals surface area contributed by atoms with E-state index in [-0.39, 0.29) is 0 Å². The molecule has 0 amide bonds. The minimum Gasteiger partial charge on any atom is -0.386 e. The van der Waals surface area contributed by atoms with Crippen LogP contribution in [0.15, 0.2) is 15.9 Å². The van der Waals surface area contributed by atoms with Gasteiger partial charge < -0.3 is 15.2 Å². The first kappa shape index (κ1) is 12.5. The molecule has 1 aliphatic rings. The number of halogens is 1. The molecule has 1 aliphatic heterocycles. The molecule has 2 atom stereocenters. The lowest BCUT2D eigenvalue weighted by Crippen LogP contribution is -2.29. The van der Waals surface area contributed by atoms with Crippen molar-refractivity contribution in [3.63, 3.8) is 0 Å². The monoisotopic (exact) mass is 305 g/mol. The van der Waals surface area contributed by atoms with Crippen molar-refractivity contribution in [1.82, 2.24) is 5.32 Å². The van der Waals surface area contributed by atoms with Crippen molar-refractivity contribution in [3.05, 3.63) is 20.8 Å². The highest BCUT2D eigenvalue weighted by molar-refractivity contribution is 9.11. The van der Waals surface area contributed by atoms with E-state index in [0.29, 0.717) is 12.6 Å². The summed E-state index contributed by atoms with van der Waals surface area (Å²) in [6, 6.07) is 3.91. The standard InChI is InChI=1S/C11H16BrNO2S/c12-11-4-3-10(16-11)9(14)7-13-6-8-2-1-5-15-8/h3-4,8-9,13-14H,1-2,5-7H2. The summed E-state index contributed by atoms with van der Waals surface area (Å²) in [5.74, 6) is 0. The van der Waals surface area contributed by atoms with E-state index in [1.807, 2.05) is 12.1 Å². The van der Waals surface area contributed by atoms with Gasteiger partial charge >= 0.3 is 0 Å². The Balaban J connectivity index is 1.69. The SMILES string of the molecule is OC(CNCC1CCCO1)c1ccc(Br)s1. The van der Waals surface area contributed by atoms with Crippen LogP contribution in [0.25, 0.3) is 0 Å². The molecule has 0 saturated carbocycles. The van der Waals surface area contributed by atoms with E-state index >= 15 is 0 Å². The van der Waals surface area contributed by atoms with Gasteiger partial charge in [0.05, 0.1) is 9.89 Å². The molecule has 1 aromatic heterocycles. The summed E-state index contributed by atoms with van der Waals surface area (Å²) in [5, 5.41) is 13.1. The van der Waals surface area contributed by atoms with Gasteiger partial charge in [0.1, 0.15) is 6.10 Å². The molecule has 3 nitrogen and oxygen atoms in total. The molecule has 0 radical (unpaired) electrons. The van der Waals surface area contributed by atoms with Crippen molar-refractivity contribution in [1.29, 1.82) is 0 Å². The number of hydrogen-bond acceptors (Lipinski definition) is 4.